The second kappa shape index (κ2) is 7.12. The summed E-state index contributed by atoms with van der Waals surface area (Å²) >= 11 is 6.25. The van der Waals surface area contributed by atoms with Crippen molar-refractivity contribution in [2.24, 2.45) is 0 Å². The van der Waals surface area contributed by atoms with Crippen LogP contribution in [0.25, 0.3) is 0 Å². The number of para-hydroxylation sites is 1. The smallest absolute Gasteiger partial charge is 0.123 e. The molecule has 3 aromatic rings. The third kappa shape index (κ3) is 3.37. The summed E-state index contributed by atoms with van der Waals surface area (Å²) in [6.45, 7) is 0. The molecule has 2 aromatic carbocycles. The zero-order valence-corrected chi connectivity index (χ0v) is 13.3. The lowest BCUT2D eigenvalue weighted by Gasteiger charge is -2.21. The Balaban J connectivity index is 2.09. The van der Waals surface area contributed by atoms with Crippen molar-refractivity contribution in [3.05, 3.63) is 94.5 Å². The van der Waals surface area contributed by atoms with Gasteiger partial charge in [0.1, 0.15) is 11.9 Å². The molecular weight excluding hydrogens is 325 g/mol. The van der Waals surface area contributed by atoms with E-state index in [-0.39, 0.29) is 5.82 Å². The van der Waals surface area contributed by atoms with Crippen LogP contribution in [-0.2, 0) is 0 Å². The summed E-state index contributed by atoms with van der Waals surface area (Å²) in [5.74, 6) is -0.338. The van der Waals surface area contributed by atoms with Gasteiger partial charge in [-0.3, -0.25) is 4.98 Å². The Bertz CT molecular complexity index is 891. The summed E-state index contributed by atoms with van der Waals surface area (Å²) in [4.78, 5) is 4.36. The number of benzene rings is 2. The molecule has 0 saturated carbocycles. The SMILES string of the molecule is N#Cc1cccc(Cl)c1NC(c1cccc(F)c1)c1ccccn1. The lowest BCUT2D eigenvalue weighted by molar-refractivity contribution is 0.624. The summed E-state index contributed by atoms with van der Waals surface area (Å²) < 4.78 is 13.7. The predicted molar refractivity (Wildman–Crippen MR) is 92.3 cm³/mol. The lowest BCUT2D eigenvalue weighted by atomic mass is 10.0. The first-order valence-electron chi connectivity index (χ1n) is 7.30. The third-order valence-electron chi connectivity index (χ3n) is 3.59. The molecule has 0 saturated heterocycles. The van der Waals surface area contributed by atoms with Crippen LogP contribution >= 0.6 is 11.6 Å². The first-order valence-corrected chi connectivity index (χ1v) is 7.68. The van der Waals surface area contributed by atoms with Crippen molar-refractivity contribution in [3.8, 4) is 6.07 Å². The van der Waals surface area contributed by atoms with E-state index < -0.39 is 6.04 Å². The van der Waals surface area contributed by atoms with Crippen molar-refractivity contribution in [2.45, 2.75) is 6.04 Å². The van der Waals surface area contributed by atoms with Crippen molar-refractivity contribution < 1.29 is 4.39 Å². The van der Waals surface area contributed by atoms with E-state index in [1.54, 1.807) is 36.5 Å². The second-order valence-corrected chi connectivity index (χ2v) is 5.57. The van der Waals surface area contributed by atoms with E-state index in [9.17, 15) is 9.65 Å². The molecule has 118 valence electrons. The molecule has 0 aliphatic rings. The molecule has 1 aromatic heterocycles. The molecule has 1 N–H and O–H groups in total. The molecule has 0 bridgehead atoms. The van der Waals surface area contributed by atoms with Gasteiger partial charge in [-0.2, -0.15) is 5.26 Å². The van der Waals surface area contributed by atoms with E-state index in [0.29, 0.717) is 27.5 Å². The largest absolute Gasteiger partial charge is 0.370 e. The number of hydrogen-bond donors (Lipinski definition) is 1. The van der Waals surface area contributed by atoms with Gasteiger partial charge in [0.2, 0.25) is 0 Å². The van der Waals surface area contributed by atoms with Crippen LogP contribution in [0.15, 0.2) is 66.9 Å². The lowest BCUT2D eigenvalue weighted by Crippen LogP contribution is -2.15. The van der Waals surface area contributed by atoms with Gasteiger partial charge in [-0.1, -0.05) is 35.9 Å². The average molecular weight is 338 g/mol. The molecule has 5 heteroatoms. The molecule has 24 heavy (non-hydrogen) atoms. The Kier molecular flexibility index (Phi) is 4.74. The molecule has 0 amide bonds. The van der Waals surface area contributed by atoms with E-state index in [1.807, 2.05) is 18.2 Å². The van der Waals surface area contributed by atoms with Gasteiger partial charge in [0.05, 0.1) is 28.0 Å². The monoisotopic (exact) mass is 337 g/mol. The molecule has 0 aliphatic heterocycles. The van der Waals surface area contributed by atoms with Gasteiger partial charge in [0.25, 0.3) is 0 Å². The fourth-order valence-corrected chi connectivity index (χ4v) is 2.70. The number of halogens is 2. The highest BCUT2D eigenvalue weighted by atomic mass is 35.5. The number of hydrogen-bond acceptors (Lipinski definition) is 3. The number of nitrogens with zero attached hydrogens (tertiary/aromatic N) is 2. The maximum atomic E-state index is 13.7. The van der Waals surface area contributed by atoms with Gasteiger partial charge < -0.3 is 5.32 Å². The molecule has 1 heterocycles. The minimum atomic E-state index is -0.436. The third-order valence-corrected chi connectivity index (χ3v) is 3.90. The van der Waals surface area contributed by atoms with E-state index in [0.717, 1.165) is 0 Å². The highest BCUT2D eigenvalue weighted by molar-refractivity contribution is 6.33. The quantitative estimate of drug-likeness (QED) is 0.733. The first-order chi connectivity index (χ1) is 11.7. The Morgan fingerprint density at radius 3 is 2.62 bits per heavy atom. The van der Waals surface area contributed by atoms with Gasteiger partial charge in [-0.05, 0) is 42.0 Å². The van der Waals surface area contributed by atoms with Gasteiger partial charge in [0, 0.05) is 6.20 Å². The molecule has 0 radical (unpaired) electrons. The highest BCUT2D eigenvalue weighted by Crippen LogP contribution is 2.32. The van der Waals surface area contributed by atoms with Crippen LogP contribution in [0.4, 0.5) is 10.1 Å². The predicted octanol–water partition coefficient (Wildman–Crippen LogP) is 4.95. The van der Waals surface area contributed by atoms with Crippen molar-refractivity contribution in [1.82, 2.24) is 4.98 Å². The minimum absolute atomic E-state index is 0.338. The Morgan fingerprint density at radius 2 is 1.92 bits per heavy atom. The summed E-state index contributed by atoms with van der Waals surface area (Å²) in [5.41, 5.74) is 2.31. The van der Waals surface area contributed by atoms with Crippen LogP contribution in [0.2, 0.25) is 5.02 Å². The van der Waals surface area contributed by atoms with Crippen LogP contribution < -0.4 is 5.32 Å². The topological polar surface area (TPSA) is 48.7 Å². The summed E-state index contributed by atoms with van der Waals surface area (Å²) in [6, 6.07) is 18.5. The summed E-state index contributed by atoms with van der Waals surface area (Å²) in [5, 5.41) is 13.0. The van der Waals surface area contributed by atoms with Crippen LogP contribution in [0, 0.1) is 17.1 Å². The van der Waals surface area contributed by atoms with Gasteiger partial charge in [-0.15, -0.1) is 0 Å². The van der Waals surface area contributed by atoms with Gasteiger partial charge in [-0.25, -0.2) is 4.39 Å². The summed E-state index contributed by atoms with van der Waals surface area (Å²) in [6.07, 6.45) is 1.67. The molecule has 0 fully saturated rings. The van der Waals surface area contributed by atoms with Crippen LogP contribution in [0.1, 0.15) is 22.9 Å². The van der Waals surface area contributed by atoms with Gasteiger partial charge >= 0.3 is 0 Å². The normalized spacial score (nSPS) is 11.5. The van der Waals surface area contributed by atoms with Crippen LogP contribution in [0.5, 0.6) is 0 Å². The molecule has 3 nitrogen and oxygen atoms in total. The fraction of sp³-hybridized carbons (Fsp3) is 0.0526. The molecule has 0 aliphatic carbocycles. The Labute approximate surface area is 144 Å². The molecular formula is C19H13ClFN3. The number of aromatic nitrogens is 1. The van der Waals surface area contributed by atoms with E-state index in [2.05, 4.69) is 16.4 Å². The minimum Gasteiger partial charge on any atom is -0.370 e. The number of nitriles is 1. The van der Waals surface area contributed by atoms with E-state index >= 15 is 0 Å². The fourth-order valence-electron chi connectivity index (χ4n) is 2.47. The second-order valence-electron chi connectivity index (χ2n) is 5.16. The standard InChI is InChI=1S/C19H13ClFN3/c20-16-8-4-6-14(12-22)18(16)24-19(17-9-1-2-10-23-17)13-5-3-7-15(21)11-13/h1-11,19,24H. The maximum Gasteiger partial charge on any atom is 0.123 e. The molecule has 1 unspecified atom stereocenters. The number of pyridine rings is 1. The number of anilines is 1. The van der Waals surface area contributed by atoms with Crippen molar-refractivity contribution in [3.63, 3.8) is 0 Å². The average Bonchev–Trinajstić information content (AvgIpc) is 2.61. The van der Waals surface area contributed by atoms with Crippen LogP contribution in [-0.4, -0.2) is 4.98 Å². The number of rotatable bonds is 4. The van der Waals surface area contributed by atoms with Gasteiger partial charge in [0.15, 0.2) is 0 Å². The zero-order valence-electron chi connectivity index (χ0n) is 12.6. The number of nitrogens with one attached hydrogen (secondary N) is 1. The van der Waals surface area contributed by atoms with E-state index in [1.165, 1.54) is 12.1 Å². The molecule has 1 atom stereocenters. The van der Waals surface area contributed by atoms with E-state index in [4.69, 9.17) is 11.6 Å². The van der Waals surface area contributed by atoms with Crippen LogP contribution in [0.3, 0.4) is 0 Å². The first kappa shape index (κ1) is 16.0. The summed E-state index contributed by atoms with van der Waals surface area (Å²) in [7, 11) is 0. The van der Waals surface area contributed by atoms with Crippen molar-refractivity contribution in [1.29, 1.82) is 5.26 Å². The van der Waals surface area contributed by atoms with Crippen molar-refractivity contribution >= 4 is 17.3 Å². The van der Waals surface area contributed by atoms with Crippen molar-refractivity contribution in [2.75, 3.05) is 5.32 Å². The maximum absolute atomic E-state index is 13.7. The Hall–Kier alpha value is -2.90. The Morgan fingerprint density at radius 1 is 1.08 bits per heavy atom. The zero-order chi connectivity index (χ0) is 16.9. The molecule has 0 spiro atoms. The molecule has 3 rings (SSSR count). The highest BCUT2D eigenvalue weighted by Gasteiger charge is 2.19.